The van der Waals surface area contributed by atoms with Crippen LogP contribution >= 0.6 is 0 Å². The van der Waals surface area contributed by atoms with Crippen molar-refractivity contribution < 1.29 is 4.74 Å². The highest BCUT2D eigenvalue weighted by atomic mass is 16.5. The number of ether oxygens (including phenoxy) is 1. The Bertz CT molecular complexity index is 742. The van der Waals surface area contributed by atoms with Crippen molar-refractivity contribution in [2.75, 3.05) is 19.5 Å². The van der Waals surface area contributed by atoms with Crippen LogP contribution in [0.4, 0.5) is 5.95 Å². The predicted octanol–water partition coefficient (Wildman–Crippen LogP) is 1.17. The minimum Gasteiger partial charge on any atom is -0.494 e. The molecule has 0 radical (unpaired) electrons. The van der Waals surface area contributed by atoms with E-state index >= 15 is 0 Å². The van der Waals surface area contributed by atoms with Gasteiger partial charge in [0, 0.05) is 25.6 Å². The van der Waals surface area contributed by atoms with Crippen LogP contribution in [-0.4, -0.2) is 43.6 Å². The summed E-state index contributed by atoms with van der Waals surface area (Å²) in [7, 11) is 3.32. The minimum atomic E-state index is 0.426. The Morgan fingerprint density at radius 2 is 2.10 bits per heavy atom. The van der Waals surface area contributed by atoms with E-state index in [-0.39, 0.29) is 0 Å². The van der Waals surface area contributed by atoms with Gasteiger partial charge in [-0.05, 0) is 12.1 Å². The van der Waals surface area contributed by atoms with Gasteiger partial charge in [0.25, 0.3) is 0 Å². The molecule has 0 aromatic carbocycles. The second kappa shape index (κ2) is 5.53. The van der Waals surface area contributed by atoms with E-state index in [4.69, 9.17) is 4.74 Å². The van der Waals surface area contributed by atoms with E-state index in [1.165, 1.54) is 0 Å². The van der Waals surface area contributed by atoms with Gasteiger partial charge < -0.3 is 10.1 Å². The first kappa shape index (κ1) is 13.0. The number of anilines is 1. The number of hydrogen-bond donors (Lipinski definition) is 1. The summed E-state index contributed by atoms with van der Waals surface area (Å²) in [5.74, 6) is 1.92. The summed E-state index contributed by atoms with van der Waals surface area (Å²) in [5.41, 5.74) is 0.556. The zero-order valence-electron chi connectivity index (χ0n) is 11.6. The Morgan fingerprint density at radius 1 is 1.19 bits per heavy atom. The molecule has 0 unspecified atom stereocenters. The molecule has 8 nitrogen and oxygen atoms in total. The topological polar surface area (TPSA) is 90.6 Å². The number of pyridine rings is 1. The molecule has 0 amide bonds. The molecule has 0 atom stereocenters. The fourth-order valence-electron chi connectivity index (χ4n) is 1.80. The second-order valence-corrected chi connectivity index (χ2v) is 4.06. The SMILES string of the molecule is CNc1nc(-c2ncccc2OC)nc(-n2ccnc2)n1. The molecule has 3 aromatic heterocycles. The van der Waals surface area contributed by atoms with Crippen molar-refractivity contribution >= 4 is 5.95 Å². The van der Waals surface area contributed by atoms with E-state index in [1.807, 2.05) is 6.07 Å². The van der Waals surface area contributed by atoms with Crippen LogP contribution in [0.3, 0.4) is 0 Å². The lowest BCUT2D eigenvalue weighted by Gasteiger charge is -2.09. The first-order valence-corrected chi connectivity index (χ1v) is 6.23. The first-order valence-electron chi connectivity index (χ1n) is 6.23. The summed E-state index contributed by atoms with van der Waals surface area (Å²) in [4.78, 5) is 21.3. The molecule has 0 aliphatic heterocycles. The van der Waals surface area contributed by atoms with Crippen LogP contribution in [0.15, 0.2) is 37.1 Å². The van der Waals surface area contributed by atoms with Crippen LogP contribution < -0.4 is 10.1 Å². The molecule has 3 aromatic rings. The van der Waals surface area contributed by atoms with Gasteiger partial charge in [0.05, 0.1) is 7.11 Å². The van der Waals surface area contributed by atoms with E-state index in [0.29, 0.717) is 29.2 Å². The van der Waals surface area contributed by atoms with Gasteiger partial charge in [-0.3, -0.25) is 4.57 Å². The quantitative estimate of drug-likeness (QED) is 0.768. The van der Waals surface area contributed by atoms with Crippen molar-refractivity contribution in [3.8, 4) is 23.2 Å². The summed E-state index contributed by atoms with van der Waals surface area (Å²) >= 11 is 0. The van der Waals surface area contributed by atoms with Crippen LogP contribution in [0, 0.1) is 0 Å². The van der Waals surface area contributed by atoms with Crippen LogP contribution in [0.5, 0.6) is 5.75 Å². The molecule has 1 N–H and O–H groups in total. The molecule has 0 saturated heterocycles. The standard InChI is InChI=1S/C13H13N7O/c1-14-12-17-11(10-9(21-2)4-3-5-16-10)18-13(19-12)20-7-6-15-8-20/h3-8H,1-2H3,(H,14,17,18,19). The Hall–Kier alpha value is -3.03. The Kier molecular flexibility index (Phi) is 3.42. The number of hydrogen-bond acceptors (Lipinski definition) is 7. The second-order valence-electron chi connectivity index (χ2n) is 4.06. The van der Waals surface area contributed by atoms with Crippen LogP contribution in [-0.2, 0) is 0 Å². The fourth-order valence-corrected chi connectivity index (χ4v) is 1.80. The van der Waals surface area contributed by atoms with Crippen LogP contribution in [0.25, 0.3) is 17.5 Å². The van der Waals surface area contributed by atoms with Crippen molar-refractivity contribution in [3.63, 3.8) is 0 Å². The average molecular weight is 283 g/mol. The molecule has 0 saturated carbocycles. The smallest absolute Gasteiger partial charge is 0.240 e. The zero-order valence-corrected chi connectivity index (χ0v) is 11.6. The molecule has 0 spiro atoms. The van der Waals surface area contributed by atoms with Crippen molar-refractivity contribution in [2.24, 2.45) is 0 Å². The minimum absolute atomic E-state index is 0.426. The number of nitrogens with zero attached hydrogens (tertiary/aromatic N) is 6. The number of imidazole rings is 1. The summed E-state index contributed by atoms with van der Waals surface area (Å²) < 4.78 is 7.00. The summed E-state index contributed by atoms with van der Waals surface area (Å²) in [5, 5.41) is 2.91. The molecule has 3 rings (SSSR count). The van der Waals surface area contributed by atoms with E-state index in [9.17, 15) is 0 Å². The number of nitrogens with one attached hydrogen (secondary N) is 1. The summed E-state index contributed by atoms with van der Waals surface area (Å²) in [6, 6.07) is 3.60. The Balaban J connectivity index is 2.16. The predicted molar refractivity (Wildman–Crippen MR) is 76.3 cm³/mol. The van der Waals surface area contributed by atoms with E-state index in [1.54, 1.807) is 49.7 Å². The van der Waals surface area contributed by atoms with Gasteiger partial charge in [-0.15, -0.1) is 0 Å². The lowest BCUT2D eigenvalue weighted by atomic mass is 10.3. The van der Waals surface area contributed by atoms with Gasteiger partial charge in [0.2, 0.25) is 11.9 Å². The van der Waals surface area contributed by atoms with E-state index < -0.39 is 0 Å². The highest BCUT2D eigenvalue weighted by Crippen LogP contribution is 2.25. The number of methoxy groups -OCH3 is 1. The molecule has 0 aliphatic carbocycles. The van der Waals surface area contributed by atoms with Gasteiger partial charge in [-0.1, -0.05) is 0 Å². The molecule has 106 valence electrons. The Morgan fingerprint density at radius 3 is 2.81 bits per heavy atom. The molecule has 0 fully saturated rings. The molecule has 0 bridgehead atoms. The molecule has 0 aliphatic rings. The number of aromatic nitrogens is 6. The van der Waals surface area contributed by atoms with Crippen molar-refractivity contribution in [1.29, 1.82) is 0 Å². The molecular weight excluding hydrogens is 270 g/mol. The third-order valence-electron chi connectivity index (χ3n) is 2.78. The van der Waals surface area contributed by atoms with Crippen molar-refractivity contribution in [1.82, 2.24) is 29.5 Å². The highest BCUT2D eigenvalue weighted by Gasteiger charge is 2.14. The third kappa shape index (κ3) is 2.50. The first-order chi connectivity index (χ1) is 10.3. The van der Waals surface area contributed by atoms with Crippen molar-refractivity contribution in [2.45, 2.75) is 0 Å². The van der Waals surface area contributed by atoms with E-state index in [0.717, 1.165) is 0 Å². The fraction of sp³-hybridized carbons (Fsp3) is 0.154. The van der Waals surface area contributed by atoms with Crippen LogP contribution in [0.1, 0.15) is 0 Å². The largest absolute Gasteiger partial charge is 0.494 e. The molecule has 21 heavy (non-hydrogen) atoms. The monoisotopic (exact) mass is 283 g/mol. The maximum absolute atomic E-state index is 5.30. The van der Waals surface area contributed by atoms with Crippen molar-refractivity contribution in [3.05, 3.63) is 37.1 Å². The van der Waals surface area contributed by atoms with Gasteiger partial charge in [-0.25, -0.2) is 9.97 Å². The summed E-state index contributed by atoms with van der Waals surface area (Å²) in [6.07, 6.45) is 6.70. The third-order valence-corrected chi connectivity index (χ3v) is 2.78. The Labute approximate surface area is 120 Å². The van der Waals surface area contributed by atoms with Gasteiger partial charge in [0.1, 0.15) is 17.8 Å². The lowest BCUT2D eigenvalue weighted by Crippen LogP contribution is -2.07. The van der Waals surface area contributed by atoms with Gasteiger partial charge >= 0.3 is 0 Å². The molecular formula is C13H13N7O. The highest BCUT2D eigenvalue weighted by molar-refractivity contribution is 5.60. The maximum Gasteiger partial charge on any atom is 0.240 e. The summed E-state index contributed by atoms with van der Waals surface area (Å²) in [6.45, 7) is 0. The normalized spacial score (nSPS) is 10.4. The lowest BCUT2D eigenvalue weighted by molar-refractivity contribution is 0.414. The molecule has 3 heterocycles. The van der Waals surface area contributed by atoms with E-state index in [2.05, 4.69) is 30.2 Å². The maximum atomic E-state index is 5.30. The average Bonchev–Trinajstić information content (AvgIpc) is 3.09. The number of rotatable bonds is 4. The van der Waals surface area contributed by atoms with Crippen LogP contribution in [0.2, 0.25) is 0 Å². The van der Waals surface area contributed by atoms with Gasteiger partial charge in [0.15, 0.2) is 5.82 Å². The van der Waals surface area contributed by atoms with Gasteiger partial charge in [-0.2, -0.15) is 15.0 Å². The molecule has 8 heteroatoms. The zero-order chi connectivity index (χ0) is 14.7.